The largest absolute Gasteiger partial charge is 0.325 e. The van der Waals surface area contributed by atoms with Crippen molar-refractivity contribution in [2.45, 2.75) is 13.3 Å². The van der Waals surface area contributed by atoms with Gasteiger partial charge in [-0.3, -0.25) is 19.3 Å². The lowest BCUT2D eigenvalue weighted by atomic mass is 10.1. The standard InChI is InChI=1S/C20H19BrN2O3S/c1-13-11-14(21)7-8-17(13)22-18(24)12-27-10-4-9-23-19(25)15-5-2-3-6-16(15)20(23)26/h2-3,5-8,11H,4,9-10,12H2,1H3,(H,22,24). The SMILES string of the molecule is Cc1cc(Br)ccc1NC(=O)CSCCCN1C(=O)c2ccccc2C1=O. The zero-order valence-electron chi connectivity index (χ0n) is 14.8. The van der Waals surface area contributed by atoms with Crippen LogP contribution in [0.15, 0.2) is 46.9 Å². The summed E-state index contributed by atoms with van der Waals surface area (Å²) in [5.41, 5.74) is 2.74. The molecule has 1 heterocycles. The molecule has 0 saturated heterocycles. The highest BCUT2D eigenvalue weighted by molar-refractivity contribution is 9.10. The highest BCUT2D eigenvalue weighted by atomic mass is 79.9. The molecule has 0 unspecified atom stereocenters. The summed E-state index contributed by atoms with van der Waals surface area (Å²) < 4.78 is 0.973. The highest BCUT2D eigenvalue weighted by Gasteiger charge is 2.34. The van der Waals surface area contributed by atoms with E-state index in [1.807, 2.05) is 25.1 Å². The fourth-order valence-electron chi connectivity index (χ4n) is 2.89. The molecular weight excluding hydrogens is 428 g/mol. The molecule has 0 aliphatic carbocycles. The number of hydrogen-bond acceptors (Lipinski definition) is 4. The van der Waals surface area contributed by atoms with Crippen LogP contribution in [0.25, 0.3) is 0 Å². The maximum atomic E-state index is 12.3. The van der Waals surface area contributed by atoms with Crippen LogP contribution in [0.2, 0.25) is 0 Å². The third-order valence-corrected chi connectivity index (χ3v) is 5.78. The van der Waals surface area contributed by atoms with Crippen LogP contribution < -0.4 is 5.32 Å². The Labute approximate surface area is 170 Å². The monoisotopic (exact) mass is 446 g/mol. The van der Waals surface area contributed by atoms with Crippen molar-refractivity contribution < 1.29 is 14.4 Å². The van der Waals surface area contributed by atoms with E-state index in [2.05, 4.69) is 21.2 Å². The summed E-state index contributed by atoms with van der Waals surface area (Å²) in [4.78, 5) is 37.9. The molecule has 0 radical (unpaired) electrons. The predicted octanol–water partition coefficient (Wildman–Crippen LogP) is 4.12. The summed E-state index contributed by atoms with van der Waals surface area (Å²) in [6.07, 6.45) is 0.653. The normalized spacial score (nSPS) is 13.0. The van der Waals surface area contributed by atoms with Crippen molar-refractivity contribution in [2.75, 3.05) is 23.4 Å². The molecule has 3 amide bonds. The van der Waals surface area contributed by atoms with Gasteiger partial charge in [-0.15, -0.1) is 0 Å². The first-order valence-corrected chi connectivity index (χ1v) is 10.5. The van der Waals surface area contributed by atoms with Crippen molar-refractivity contribution in [3.8, 4) is 0 Å². The van der Waals surface area contributed by atoms with Crippen LogP contribution in [-0.4, -0.2) is 40.7 Å². The zero-order valence-corrected chi connectivity index (χ0v) is 17.2. The first-order valence-electron chi connectivity index (χ1n) is 8.56. The van der Waals surface area contributed by atoms with Crippen molar-refractivity contribution in [1.29, 1.82) is 0 Å². The van der Waals surface area contributed by atoms with Crippen LogP contribution >= 0.6 is 27.7 Å². The van der Waals surface area contributed by atoms with Crippen molar-refractivity contribution in [1.82, 2.24) is 4.90 Å². The van der Waals surface area contributed by atoms with Gasteiger partial charge >= 0.3 is 0 Å². The van der Waals surface area contributed by atoms with Crippen LogP contribution in [-0.2, 0) is 4.79 Å². The van der Waals surface area contributed by atoms with E-state index >= 15 is 0 Å². The number of nitrogens with one attached hydrogen (secondary N) is 1. The highest BCUT2D eigenvalue weighted by Crippen LogP contribution is 2.23. The lowest BCUT2D eigenvalue weighted by molar-refractivity contribution is -0.113. The Hall–Kier alpha value is -2.12. The molecule has 27 heavy (non-hydrogen) atoms. The molecule has 140 valence electrons. The predicted molar refractivity (Wildman–Crippen MR) is 111 cm³/mol. The number of thioether (sulfide) groups is 1. The molecule has 5 nitrogen and oxygen atoms in total. The first-order chi connectivity index (χ1) is 13.0. The number of amides is 3. The summed E-state index contributed by atoms with van der Waals surface area (Å²) in [7, 11) is 0. The van der Waals surface area contributed by atoms with Crippen molar-refractivity contribution in [2.24, 2.45) is 0 Å². The molecule has 1 aliphatic heterocycles. The Balaban J connectivity index is 1.40. The van der Waals surface area contributed by atoms with Crippen LogP contribution in [0.5, 0.6) is 0 Å². The molecule has 0 fully saturated rings. The van der Waals surface area contributed by atoms with Crippen molar-refractivity contribution in [3.63, 3.8) is 0 Å². The van der Waals surface area contributed by atoms with E-state index in [0.29, 0.717) is 35.6 Å². The molecular formula is C20H19BrN2O3S. The number of nitrogens with zero attached hydrogens (tertiary/aromatic N) is 1. The number of fused-ring (bicyclic) bond motifs is 1. The van der Waals surface area contributed by atoms with Gasteiger partial charge in [0.05, 0.1) is 16.9 Å². The minimum Gasteiger partial charge on any atom is -0.325 e. The number of benzene rings is 2. The van der Waals surface area contributed by atoms with Crippen LogP contribution in [0.1, 0.15) is 32.7 Å². The van der Waals surface area contributed by atoms with Gasteiger partial charge in [-0.05, 0) is 55.0 Å². The molecule has 0 bridgehead atoms. The first kappa shape index (κ1) is 19.6. The van der Waals surface area contributed by atoms with Crippen molar-refractivity contribution in [3.05, 3.63) is 63.6 Å². The minimum absolute atomic E-state index is 0.0637. The number of imide groups is 1. The average molecular weight is 447 g/mol. The number of hydrogen-bond donors (Lipinski definition) is 1. The fourth-order valence-corrected chi connectivity index (χ4v) is 4.10. The van der Waals surface area contributed by atoms with E-state index in [-0.39, 0.29) is 17.7 Å². The van der Waals surface area contributed by atoms with Crippen molar-refractivity contribution >= 4 is 51.1 Å². The molecule has 0 saturated carbocycles. The van der Waals surface area contributed by atoms with Gasteiger partial charge in [0.25, 0.3) is 11.8 Å². The minimum atomic E-state index is -0.232. The molecule has 2 aromatic carbocycles. The van der Waals surface area contributed by atoms with Crippen LogP contribution in [0.3, 0.4) is 0 Å². The Morgan fingerprint density at radius 3 is 2.41 bits per heavy atom. The molecule has 0 atom stereocenters. The topological polar surface area (TPSA) is 66.5 Å². The van der Waals surface area contributed by atoms with Gasteiger partial charge in [0.2, 0.25) is 5.91 Å². The Morgan fingerprint density at radius 1 is 1.11 bits per heavy atom. The molecule has 2 aromatic rings. The van der Waals surface area contributed by atoms with Crippen LogP contribution in [0.4, 0.5) is 5.69 Å². The lowest BCUT2D eigenvalue weighted by Crippen LogP contribution is -2.31. The van der Waals surface area contributed by atoms with Crippen LogP contribution in [0, 0.1) is 6.92 Å². The molecule has 0 spiro atoms. The Morgan fingerprint density at radius 2 is 1.78 bits per heavy atom. The maximum Gasteiger partial charge on any atom is 0.261 e. The maximum absolute atomic E-state index is 12.3. The van der Waals surface area contributed by atoms with E-state index in [1.165, 1.54) is 16.7 Å². The van der Waals surface area contributed by atoms with E-state index < -0.39 is 0 Å². The zero-order chi connectivity index (χ0) is 19.4. The van der Waals surface area contributed by atoms with Gasteiger partial charge in [-0.25, -0.2) is 0 Å². The molecule has 1 N–H and O–H groups in total. The Kier molecular flexibility index (Phi) is 6.34. The van der Waals surface area contributed by atoms with Gasteiger partial charge in [0, 0.05) is 16.7 Å². The molecule has 7 heteroatoms. The van der Waals surface area contributed by atoms with Gasteiger partial charge < -0.3 is 5.32 Å². The fraction of sp³-hybridized carbons (Fsp3) is 0.250. The van der Waals surface area contributed by atoms with E-state index in [9.17, 15) is 14.4 Å². The third kappa shape index (κ3) is 4.59. The van der Waals surface area contributed by atoms with Gasteiger partial charge in [-0.1, -0.05) is 28.1 Å². The number of anilines is 1. The second-order valence-electron chi connectivity index (χ2n) is 6.22. The molecule has 1 aliphatic rings. The summed E-state index contributed by atoms with van der Waals surface area (Å²) >= 11 is 4.89. The van der Waals surface area contributed by atoms with Gasteiger partial charge in [0.15, 0.2) is 0 Å². The lowest BCUT2D eigenvalue weighted by Gasteiger charge is -2.13. The quantitative estimate of drug-likeness (QED) is 0.513. The third-order valence-electron chi connectivity index (χ3n) is 4.24. The average Bonchev–Trinajstić information content (AvgIpc) is 2.89. The molecule has 0 aromatic heterocycles. The van der Waals surface area contributed by atoms with Gasteiger partial charge in [0.1, 0.15) is 0 Å². The number of rotatable bonds is 7. The van der Waals surface area contributed by atoms with E-state index in [1.54, 1.807) is 24.3 Å². The molecule has 3 rings (SSSR count). The summed E-state index contributed by atoms with van der Waals surface area (Å²) in [6, 6.07) is 12.6. The number of aryl methyl sites for hydroxylation is 1. The number of carbonyl (C=O) groups is 3. The van der Waals surface area contributed by atoms with Gasteiger partial charge in [-0.2, -0.15) is 11.8 Å². The number of halogens is 1. The smallest absolute Gasteiger partial charge is 0.261 e. The van der Waals surface area contributed by atoms with E-state index in [4.69, 9.17) is 0 Å². The summed E-state index contributed by atoms with van der Waals surface area (Å²) in [5.74, 6) is 0.497. The van der Waals surface area contributed by atoms with E-state index in [0.717, 1.165) is 15.7 Å². The Bertz CT molecular complexity index is 866. The number of carbonyl (C=O) groups excluding carboxylic acids is 3. The second-order valence-corrected chi connectivity index (χ2v) is 8.24. The second kappa shape index (κ2) is 8.71. The summed E-state index contributed by atoms with van der Waals surface area (Å²) in [5, 5.41) is 2.90. The summed E-state index contributed by atoms with van der Waals surface area (Å²) in [6.45, 7) is 2.31.